The van der Waals surface area contributed by atoms with Gasteiger partial charge < -0.3 is 0 Å². The number of Topliss-reactive ketones (excluding diaryl/α,β-unsaturated/α-hetero) is 2. The lowest BCUT2D eigenvalue weighted by molar-refractivity contribution is -0.130. The first-order valence-electron chi connectivity index (χ1n) is 6.56. The molecule has 17 heavy (non-hydrogen) atoms. The van der Waals surface area contributed by atoms with Gasteiger partial charge in [0.1, 0.15) is 5.78 Å². The molecule has 0 aromatic rings. The number of carbonyl (C=O) groups excluding carboxylic acids is 2. The molecule has 1 saturated heterocycles. The second kappa shape index (κ2) is 5.18. The molecule has 0 spiro atoms. The summed E-state index contributed by atoms with van der Waals surface area (Å²) in [7, 11) is -0.535. The van der Waals surface area contributed by atoms with E-state index in [1.807, 2.05) is 0 Å². The predicted molar refractivity (Wildman–Crippen MR) is 74.0 cm³/mol. The van der Waals surface area contributed by atoms with Gasteiger partial charge in [0, 0.05) is 6.16 Å². The standard InChI is InChI=1S/C14H25O2P/c1-9(2)14(10(3)4)13(16)7-12(15)8-17(14)11(5)6/h9-11H,7-8H2,1-6H3. The van der Waals surface area contributed by atoms with Crippen molar-refractivity contribution in [2.45, 2.75) is 58.8 Å². The van der Waals surface area contributed by atoms with Gasteiger partial charge in [-0.15, -0.1) is 0 Å². The molecule has 1 unspecified atom stereocenters. The van der Waals surface area contributed by atoms with E-state index in [-0.39, 0.29) is 23.1 Å². The van der Waals surface area contributed by atoms with Crippen LogP contribution >= 0.6 is 7.92 Å². The van der Waals surface area contributed by atoms with Crippen molar-refractivity contribution >= 4 is 19.5 Å². The fraction of sp³-hybridized carbons (Fsp3) is 0.857. The summed E-state index contributed by atoms with van der Waals surface area (Å²) in [5.41, 5.74) is 0.447. The van der Waals surface area contributed by atoms with Gasteiger partial charge in [-0.3, -0.25) is 9.59 Å². The molecule has 0 saturated carbocycles. The van der Waals surface area contributed by atoms with E-state index in [2.05, 4.69) is 41.5 Å². The Kier molecular flexibility index (Phi) is 4.52. The quantitative estimate of drug-likeness (QED) is 0.572. The van der Waals surface area contributed by atoms with Gasteiger partial charge in [-0.05, 0) is 17.5 Å². The van der Waals surface area contributed by atoms with Crippen LogP contribution in [0.5, 0.6) is 0 Å². The van der Waals surface area contributed by atoms with E-state index >= 15 is 0 Å². The molecule has 3 heteroatoms. The number of ketones is 2. The molecule has 1 aliphatic heterocycles. The molecule has 2 nitrogen and oxygen atoms in total. The van der Waals surface area contributed by atoms with Crippen LogP contribution in [0.2, 0.25) is 0 Å². The first-order chi connectivity index (χ1) is 7.74. The fourth-order valence-corrected chi connectivity index (χ4v) is 7.14. The average molecular weight is 256 g/mol. The molecule has 1 atom stereocenters. The van der Waals surface area contributed by atoms with Crippen molar-refractivity contribution < 1.29 is 9.59 Å². The van der Waals surface area contributed by atoms with Crippen molar-refractivity contribution in [3.8, 4) is 0 Å². The summed E-state index contributed by atoms with van der Waals surface area (Å²) in [6, 6.07) is 0. The summed E-state index contributed by atoms with van der Waals surface area (Å²) in [6.07, 6.45) is 0.816. The van der Waals surface area contributed by atoms with Gasteiger partial charge in [0.25, 0.3) is 0 Å². The number of hydrogen-bond acceptors (Lipinski definition) is 2. The normalized spacial score (nSPS) is 25.1. The maximum Gasteiger partial charge on any atom is 0.151 e. The molecule has 0 aliphatic carbocycles. The molecule has 1 aliphatic rings. The fourth-order valence-electron chi connectivity index (χ4n) is 3.44. The first-order valence-corrected chi connectivity index (χ1v) is 8.15. The summed E-state index contributed by atoms with van der Waals surface area (Å²) in [5, 5.41) is -0.239. The Labute approximate surface area is 106 Å². The van der Waals surface area contributed by atoms with Gasteiger partial charge in [-0.25, -0.2) is 0 Å². The molecule has 0 N–H and O–H groups in total. The highest BCUT2D eigenvalue weighted by molar-refractivity contribution is 7.62. The van der Waals surface area contributed by atoms with Crippen LogP contribution in [0.1, 0.15) is 48.0 Å². The molecule has 98 valence electrons. The Morgan fingerprint density at radius 1 is 1.00 bits per heavy atom. The minimum Gasteiger partial charge on any atom is -0.299 e. The molecule has 0 aromatic heterocycles. The highest BCUT2D eigenvalue weighted by Gasteiger charge is 2.53. The Morgan fingerprint density at radius 2 is 1.47 bits per heavy atom. The maximum absolute atomic E-state index is 12.5. The van der Waals surface area contributed by atoms with E-state index in [1.54, 1.807) is 0 Å². The van der Waals surface area contributed by atoms with Crippen molar-refractivity contribution in [2.75, 3.05) is 6.16 Å². The zero-order valence-corrected chi connectivity index (χ0v) is 12.8. The van der Waals surface area contributed by atoms with Crippen LogP contribution in [0, 0.1) is 11.8 Å². The molecule has 0 amide bonds. The summed E-state index contributed by atoms with van der Waals surface area (Å²) >= 11 is 0. The van der Waals surface area contributed by atoms with Crippen molar-refractivity contribution in [2.24, 2.45) is 11.8 Å². The number of carbonyl (C=O) groups is 2. The molecule has 0 bridgehead atoms. The van der Waals surface area contributed by atoms with Crippen molar-refractivity contribution in [3.63, 3.8) is 0 Å². The SMILES string of the molecule is CC(C)P1CC(=O)CC(=O)C1(C(C)C)C(C)C. The lowest BCUT2D eigenvalue weighted by Crippen LogP contribution is -2.52. The Hall–Kier alpha value is -0.230. The van der Waals surface area contributed by atoms with Gasteiger partial charge in [-0.1, -0.05) is 49.5 Å². The molecule has 0 radical (unpaired) electrons. The lowest BCUT2D eigenvalue weighted by atomic mass is 9.79. The van der Waals surface area contributed by atoms with E-state index in [1.165, 1.54) is 0 Å². The number of rotatable bonds is 3. The van der Waals surface area contributed by atoms with E-state index < -0.39 is 7.92 Å². The summed E-state index contributed by atoms with van der Waals surface area (Å²) in [5.74, 6) is 1.03. The minimum absolute atomic E-state index is 0.159. The molecule has 1 fully saturated rings. The van der Waals surface area contributed by atoms with E-state index in [0.717, 1.165) is 0 Å². The predicted octanol–water partition coefficient (Wildman–Crippen LogP) is 3.47. The van der Waals surface area contributed by atoms with Crippen LogP contribution in [0.25, 0.3) is 0 Å². The number of hydrogen-bond donors (Lipinski definition) is 0. The smallest absolute Gasteiger partial charge is 0.151 e. The zero-order chi connectivity index (χ0) is 13.4. The van der Waals surface area contributed by atoms with Crippen LogP contribution in [0.3, 0.4) is 0 Å². The Morgan fingerprint density at radius 3 is 1.82 bits per heavy atom. The molecule has 1 heterocycles. The topological polar surface area (TPSA) is 34.1 Å². The average Bonchev–Trinajstić information content (AvgIpc) is 2.14. The first kappa shape index (κ1) is 14.8. The molecule has 1 rings (SSSR count). The third-order valence-electron chi connectivity index (χ3n) is 4.01. The zero-order valence-electron chi connectivity index (χ0n) is 11.9. The minimum atomic E-state index is -0.535. The van der Waals surface area contributed by atoms with Gasteiger partial charge in [-0.2, -0.15) is 0 Å². The molecular weight excluding hydrogens is 231 g/mol. The second-order valence-corrected chi connectivity index (χ2v) is 9.02. The van der Waals surface area contributed by atoms with Crippen molar-refractivity contribution in [1.29, 1.82) is 0 Å². The Bertz CT molecular complexity index is 310. The lowest BCUT2D eigenvalue weighted by Gasteiger charge is -2.50. The van der Waals surface area contributed by atoms with Crippen LogP contribution < -0.4 is 0 Å². The highest BCUT2D eigenvalue weighted by atomic mass is 31.1. The van der Waals surface area contributed by atoms with Crippen molar-refractivity contribution in [3.05, 3.63) is 0 Å². The summed E-state index contributed by atoms with van der Waals surface area (Å²) in [4.78, 5) is 24.2. The Balaban J connectivity index is 3.29. The maximum atomic E-state index is 12.5. The van der Waals surface area contributed by atoms with Gasteiger partial charge in [0.05, 0.1) is 11.6 Å². The summed E-state index contributed by atoms with van der Waals surface area (Å²) < 4.78 is 0. The monoisotopic (exact) mass is 256 g/mol. The van der Waals surface area contributed by atoms with E-state index in [4.69, 9.17) is 0 Å². The van der Waals surface area contributed by atoms with Crippen LogP contribution in [-0.4, -0.2) is 28.5 Å². The third-order valence-corrected chi connectivity index (χ3v) is 8.18. The van der Waals surface area contributed by atoms with Crippen LogP contribution in [0.4, 0.5) is 0 Å². The van der Waals surface area contributed by atoms with Crippen LogP contribution in [0.15, 0.2) is 0 Å². The van der Waals surface area contributed by atoms with Crippen molar-refractivity contribution in [1.82, 2.24) is 0 Å². The highest BCUT2D eigenvalue weighted by Crippen LogP contribution is 2.63. The molecule has 0 aromatic carbocycles. The van der Waals surface area contributed by atoms with E-state index in [0.29, 0.717) is 23.7 Å². The summed E-state index contributed by atoms with van der Waals surface area (Å²) in [6.45, 7) is 12.9. The molecular formula is C14H25O2P. The van der Waals surface area contributed by atoms with Gasteiger partial charge in [0.2, 0.25) is 0 Å². The third kappa shape index (κ3) is 2.34. The second-order valence-electron chi connectivity index (χ2n) is 6.00. The van der Waals surface area contributed by atoms with Crippen LogP contribution in [-0.2, 0) is 9.59 Å². The largest absolute Gasteiger partial charge is 0.299 e. The van der Waals surface area contributed by atoms with Gasteiger partial charge in [0.15, 0.2) is 5.78 Å². The van der Waals surface area contributed by atoms with E-state index in [9.17, 15) is 9.59 Å². The van der Waals surface area contributed by atoms with Gasteiger partial charge >= 0.3 is 0 Å².